The molecule has 4 heterocycles. The Hall–Kier alpha value is -5.88. The third-order valence-corrected chi connectivity index (χ3v) is 6.96. The maximum atomic E-state index is 5.08. The van der Waals surface area contributed by atoms with Crippen LogP contribution in [0.5, 0.6) is 0 Å². The first-order valence-electron chi connectivity index (χ1n) is 13.6. The molecule has 0 N–H and O–H groups in total. The lowest BCUT2D eigenvalue weighted by molar-refractivity contribution is 1.07. The average Bonchev–Trinajstić information content (AvgIpc) is 3.09. The van der Waals surface area contributed by atoms with E-state index >= 15 is 0 Å². The smallest absolute Gasteiger partial charge is 0.164 e. The summed E-state index contributed by atoms with van der Waals surface area (Å²) in [5.41, 5.74) is 7.97. The van der Waals surface area contributed by atoms with Gasteiger partial charge in [-0.2, -0.15) is 0 Å². The van der Waals surface area contributed by atoms with Crippen LogP contribution >= 0.6 is 0 Å². The van der Waals surface area contributed by atoms with E-state index in [1.165, 1.54) is 0 Å². The summed E-state index contributed by atoms with van der Waals surface area (Å²) in [4.78, 5) is 29.1. The lowest BCUT2D eigenvalue weighted by atomic mass is 10.0. The summed E-state index contributed by atoms with van der Waals surface area (Å²) >= 11 is 0. The van der Waals surface area contributed by atoms with Gasteiger partial charge >= 0.3 is 0 Å². The zero-order valence-corrected chi connectivity index (χ0v) is 22.5. The van der Waals surface area contributed by atoms with Crippen molar-refractivity contribution in [1.29, 1.82) is 0 Å². The molecule has 7 rings (SSSR count). The van der Waals surface area contributed by atoms with E-state index in [9.17, 15) is 0 Å². The highest BCUT2D eigenvalue weighted by atomic mass is 15.0. The maximum absolute atomic E-state index is 5.08. The normalized spacial score (nSPS) is 10.9. The number of hydrogen-bond acceptors (Lipinski definition) is 6. The Morgan fingerprint density at radius 1 is 0.262 bits per heavy atom. The van der Waals surface area contributed by atoms with E-state index in [0.717, 1.165) is 50.5 Å². The highest BCUT2D eigenvalue weighted by Gasteiger charge is 2.19. The zero-order chi connectivity index (χ0) is 28.1. The second-order valence-corrected chi connectivity index (χ2v) is 9.59. The first-order chi connectivity index (χ1) is 20.8. The molecule has 0 aliphatic carbocycles. The van der Waals surface area contributed by atoms with Crippen LogP contribution in [0, 0.1) is 0 Å². The Morgan fingerprint density at radius 2 is 0.524 bits per heavy atom. The third-order valence-electron chi connectivity index (χ3n) is 6.96. The summed E-state index contributed by atoms with van der Waals surface area (Å²) in [5, 5.41) is 0. The quantitative estimate of drug-likeness (QED) is 0.212. The summed E-state index contributed by atoms with van der Waals surface area (Å²) in [6.07, 6.45) is 5.38. The molecule has 0 fully saturated rings. The van der Waals surface area contributed by atoms with Crippen molar-refractivity contribution in [2.75, 3.05) is 0 Å². The molecule has 0 saturated carbocycles. The predicted octanol–water partition coefficient (Wildman–Crippen LogP) is 8.06. The molecule has 0 unspecified atom stereocenters. The lowest BCUT2D eigenvalue weighted by Crippen LogP contribution is -2.03. The SMILES string of the molecule is c1ccc(-c2ccccc2-c2nc(-c3ccccc3-c3ccccn3)nc(-c3ccccc3-c3ccccn3)n2)nc1. The van der Waals surface area contributed by atoms with Crippen LogP contribution < -0.4 is 0 Å². The molecule has 0 spiro atoms. The fourth-order valence-electron chi connectivity index (χ4n) is 5.01. The average molecular weight is 541 g/mol. The van der Waals surface area contributed by atoms with E-state index in [0.29, 0.717) is 17.5 Å². The number of benzene rings is 3. The number of hydrogen-bond donors (Lipinski definition) is 0. The lowest BCUT2D eigenvalue weighted by Gasteiger charge is -2.14. The molecule has 198 valence electrons. The van der Waals surface area contributed by atoms with E-state index in [2.05, 4.69) is 15.0 Å². The molecule has 0 saturated heterocycles. The summed E-state index contributed by atoms with van der Waals surface area (Å²) in [7, 11) is 0. The van der Waals surface area contributed by atoms with Crippen molar-refractivity contribution in [2.24, 2.45) is 0 Å². The van der Waals surface area contributed by atoms with E-state index in [-0.39, 0.29) is 0 Å². The van der Waals surface area contributed by atoms with Crippen LogP contribution in [0.4, 0.5) is 0 Å². The van der Waals surface area contributed by atoms with Crippen LogP contribution in [0.3, 0.4) is 0 Å². The molecule has 0 atom stereocenters. The molecule has 42 heavy (non-hydrogen) atoms. The van der Waals surface area contributed by atoms with Crippen molar-refractivity contribution in [2.45, 2.75) is 0 Å². The Bertz CT molecular complexity index is 1730. The van der Waals surface area contributed by atoms with E-state index in [4.69, 9.17) is 15.0 Å². The van der Waals surface area contributed by atoms with Crippen LogP contribution in [0.1, 0.15) is 0 Å². The van der Waals surface area contributed by atoms with Crippen molar-refractivity contribution in [3.63, 3.8) is 0 Å². The number of aromatic nitrogens is 6. The van der Waals surface area contributed by atoms with Gasteiger partial charge in [-0.1, -0.05) is 91.0 Å². The first kappa shape index (κ1) is 25.1. The molecule has 6 heteroatoms. The monoisotopic (exact) mass is 540 g/mol. The predicted molar refractivity (Wildman–Crippen MR) is 166 cm³/mol. The van der Waals surface area contributed by atoms with Gasteiger partial charge in [0, 0.05) is 52.0 Å². The van der Waals surface area contributed by atoms with Gasteiger partial charge in [0.25, 0.3) is 0 Å². The third kappa shape index (κ3) is 4.93. The van der Waals surface area contributed by atoms with E-state index in [1.807, 2.05) is 127 Å². The van der Waals surface area contributed by atoms with Gasteiger partial charge in [-0.15, -0.1) is 0 Å². The maximum Gasteiger partial charge on any atom is 0.164 e. The largest absolute Gasteiger partial charge is 0.256 e. The van der Waals surface area contributed by atoms with Crippen molar-refractivity contribution in [1.82, 2.24) is 29.9 Å². The summed E-state index contributed by atoms with van der Waals surface area (Å²) < 4.78 is 0. The first-order valence-corrected chi connectivity index (χ1v) is 13.6. The minimum absolute atomic E-state index is 0.558. The Balaban J connectivity index is 1.49. The van der Waals surface area contributed by atoms with Crippen molar-refractivity contribution < 1.29 is 0 Å². The van der Waals surface area contributed by atoms with Crippen LogP contribution in [-0.2, 0) is 0 Å². The Labute approximate surface area is 243 Å². The molecular weight excluding hydrogens is 516 g/mol. The molecule has 0 aliphatic rings. The molecule has 0 bridgehead atoms. The van der Waals surface area contributed by atoms with Gasteiger partial charge in [-0.3, -0.25) is 15.0 Å². The molecular formula is C36H24N6. The molecule has 0 amide bonds. The fourth-order valence-corrected chi connectivity index (χ4v) is 5.01. The fraction of sp³-hybridized carbons (Fsp3) is 0. The summed E-state index contributed by atoms with van der Waals surface area (Å²) in [6.45, 7) is 0. The highest BCUT2D eigenvalue weighted by molar-refractivity contribution is 5.85. The van der Waals surface area contributed by atoms with Crippen LogP contribution in [0.15, 0.2) is 146 Å². The Morgan fingerprint density at radius 3 is 0.786 bits per heavy atom. The van der Waals surface area contributed by atoms with Gasteiger partial charge in [-0.05, 0) is 36.4 Å². The minimum atomic E-state index is 0.558. The molecule has 0 aliphatic heterocycles. The van der Waals surface area contributed by atoms with Crippen molar-refractivity contribution in [3.8, 4) is 67.9 Å². The van der Waals surface area contributed by atoms with Crippen molar-refractivity contribution in [3.05, 3.63) is 146 Å². The topological polar surface area (TPSA) is 77.3 Å². The van der Waals surface area contributed by atoms with Gasteiger partial charge in [-0.25, -0.2) is 15.0 Å². The summed E-state index contributed by atoms with van der Waals surface area (Å²) in [5.74, 6) is 1.67. The van der Waals surface area contributed by atoms with Gasteiger partial charge in [0.2, 0.25) is 0 Å². The standard InChI is InChI=1S/C36H24N6/c1-4-16-28(25(13-1)31-19-7-10-22-37-31)34-40-35(29-17-5-2-14-26(29)32-20-8-11-23-38-32)42-36(41-34)30-18-6-3-15-27(30)33-21-9-12-24-39-33/h1-24H. The molecule has 0 radical (unpaired) electrons. The van der Waals surface area contributed by atoms with E-state index < -0.39 is 0 Å². The highest BCUT2D eigenvalue weighted by Crippen LogP contribution is 2.36. The zero-order valence-electron chi connectivity index (χ0n) is 22.5. The Kier molecular flexibility index (Phi) is 6.76. The van der Waals surface area contributed by atoms with Gasteiger partial charge < -0.3 is 0 Å². The molecule has 7 aromatic rings. The van der Waals surface area contributed by atoms with Crippen LogP contribution in [0.25, 0.3) is 67.9 Å². The second-order valence-electron chi connectivity index (χ2n) is 9.59. The van der Waals surface area contributed by atoms with Crippen molar-refractivity contribution >= 4 is 0 Å². The van der Waals surface area contributed by atoms with Crippen LogP contribution in [0.2, 0.25) is 0 Å². The molecule has 4 aromatic heterocycles. The molecule has 3 aromatic carbocycles. The second kappa shape index (κ2) is 11.3. The number of rotatable bonds is 6. The molecule has 6 nitrogen and oxygen atoms in total. The van der Waals surface area contributed by atoms with Gasteiger partial charge in [0.05, 0.1) is 17.1 Å². The number of nitrogens with zero attached hydrogens (tertiary/aromatic N) is 6. The number of pyridine rings is 3. The summed E-state index contributed by atoms with van der Waals surface area (Å²) in [6, 6.07) is 41.9. The minimum Gasteiger partial charge on any atom is -0.256 e. The van der Waals surface area contributed by atoms with Gasteiger partial charge in [0.1, 0.15) is 0 Å². The van der Waals surface area contributed by atoms with Gasteiger partial charge in [0.15, 0.2) is 17.5 Å². The van der Waals surface area contributed by atoms with E-state index in [1.54, 1.807) is 18.6 Å². The van der Waals surface area contributed by atoms with Crippen LogP contribution in [-0.4, -0.2) is 29.9 Å².